The lowest BCUT2D eigenvalue weighted by Crippen LogP contribution is -2.31. The second-order valence-corrected chi connectivity index (χ2v) is 10.2. The number of aliphatic imine (C=N–C) groups is 1. The van der Waals surface area contributed by atoms with Crippen LogP contribution in [-0.2, 0) is 11.2 Å². The van der Waals surface area contributed by atoms with Crippen molar-refractivity contribution in [1.29, 1.82) is 0 Å². The van der Waals surface area contributed by atoms with Crippen molar-refractivity contribution in [2.45, 2.75) is 18.2 Å². The van der Waals surface area contributed by atoms with Gasteiger partial charge in [-0.05, 0) is 60.5 Å². The molecular weight excluding hydrogens is 462 g/mol. The lowest BCUT2D eigenvalue weighted by atomic mass is 10.1. The first-order valence-electron chi connectivity index (χ1n) is 11.1. The number of hydrogen-bond donors (Lipinski definition) is 0. The average Bonchev–Trinajstić information content (AvgIpc) is 3.33. The topological polar surface area (TPSA) is 45.1 Å². The van der Waals surface area contributed by atoms with Crippen LogP contribution in [0.5, 0.6) is 5.75 Å². The predicted octanol–water partition coefficient (Wildman–Crippen LogP) is 6.22. The number of carbonyl (C=O) groups is 1. The van der Waals surface area contributed by atoms with Gasteiger partial charge in [0.1, 0.15) is 10.7 Å². The number of aryl methyl sites for hydroxylation is 1. The number of anilines is 1. The molecule has 0 atom stereocenters. The molecule has 0 N–H and O–H groups in total. The molecule has 0 aromatic heterocycles. The molecule has 0 spiro atoms. The fraction of sp³-hybridized carbons (Fsp3) is 0.185. The standard InChI is InChI=1S/C27H25N3O2S2/c1-18-8-7-11-20(16-18)28-27-30(15-14-19-9-5-4-6-10-19)25(31)24(34-27)26-29(2)22-17-21(32-3)12-13-23(22)33-26/h4-13,16-17H,14-15H2,1-3H3. The van der Waals surface area contributed by atoms with Crippen LogP contribution < -0.4 is 9.64 Å². The summed E-state index contributed by atoms with van der Waals surface area (Å²) >= 11 is 3.07. The summed E-state index contributed by atoms with van der Waals surface area (Å²) in [7, 11) is 3.66. The Hall–Kier alpha value is -3.16. The molecule has 5 rings (SSSR count). The maximum Gasteiger partial charge on any atom is 0.269 e. The van der Waals surface area contributed by atoms with Crippen molar-refractivity contribution < 1.29 is 9.53 Å². The number of amides is 1. The number of amidine groups is 1. The number of methoxy groups -OCH3 is 1. The highest BCUT2D eigenvalue weighted by atomic mass is 32.2. The van der Waals surface area contributed by atoms with Crippen LogP contribution >= 0.6 is 23.5 Å². The summed E-state index contributed by atoms with van der Waals surface area (Å²) in [4.78, 5) is 24.3. The third-order valence-corrected chi connectivity index (χ3v) is 8.22. The molecule has 0 bridgehead atoms. The van der Waals surface area contributed by atoms with Crippen LogP contribution in [0.4, 0.5) is 11.4 Å². The van der Waals surface area contributed by atoms with Gasteiger partial charge in [-0.15, -0.1) is 0 Å². The van der Waals surface area contributed by atoms with E-state index in [9.17, 15) is 4.79 Å². The fourth-order valence-electron chi connectivity index (χ4n) is 3.96. The molecule has 34 heavy (non-hydrogen) atoms. The molecule has 5 nitrogen and oxygen atoms in total. The van der Waals surface area contributed by atoms with Gasteiger partial charge >= 0.3 is 0 Å². The minimum Gasteiger partial charge on any atom is -0.497 e. The summed E-state index contributed by atoms with van der Waals surface area (Å²) in [6, 6.07) is 24.3. The number of hydrogen-bond acceptors (Lipinski definition) is 6. The van der Waals surface area contributed by atoms with Crippen molar-refractivity contribution in [3.8, 4) is 5.75 Å². The van der Waals surface area contributed by atoms with E-state index >= 15 is 0 Å². The van der Waals surface area contributed by atoms with Gasteiger partial charge < -0.3 is 9.64 Å². The quantitative estimate of drug-likeness (QED) is 0.400. The molecule has 3 aromatic rings. The minimum absolute atomic E-state index is 0.00135. The summed E-state index contributed by atoms with van der Waals surface area (Å²) in [5.74, 6) is 0.801. The van der Waals surface area contributed by atoms with Gasteiger partial charge in [-0.25, -0.2) is 4.99 Å². The second kappa shape index (κ2) is 9.60. The van der Waals surface area contributed by atoms with Gasteiger partial charge in [-0.1, -0.05) is 54.2 Å². The van der Waals surface area contributed by atoms with Crippen molar-refractivity contribution in [2.75, 3.05) is 25.6 Å². The van der Waals surface area contributed by atoms with Crippen LogP contribution in [0.1, 0.15) is 11.1 Å². The molecule has 3 aromatic carbocycles. The Morgan fingerprint density at radius 1 is 0.971 bits per heavy atom. The monoisotopic (exact) mass is 487 g/mol. The highest BCUT2D eigenvalue weighted by Gasteiger charge is 2.39. The molecule has 2 heterocycles. The SMILES string of the molecule is COc1ccc2c(c1)N(C)C(=C1SC(=Nc3cccc(C)c3)N(CCc3ccccc3)C1=O)S2. The van der Waals surface area contributed by atoms with Crippen LogP contribution in [0.25, 0.3) is 0 Å². The summed E-state index contributed by atoms with van der Waals surface area (Å²) in [5, 5.41) is 1.65. The van der Waals surface area contributed by atoms with E-state index in [-0.39, 0.29) is 5.91 Å². The molecule has 1 saturated heterocycles. The van der Waals surface area contributed by atoms with Crippen molar-refractivity contribution in [1.82, 2.24) is 4.90 Å². The maximum absolute atomic E-state index is 13.7. The first-order chi connectivity index (χ1) is 16.5. The molecule has 7 heteroatoms. The van der Waals surface area contributed by atoms with Gasteiger partial charge in [0, 0.05) is 24.6 Å². The van der Waals surface area contributed by atoms with Gasteiger partial charge in [0.2, 0.25) is 0 Å². The molecule has 1 fully saturated rings. The number of fused-ring (bicyclic) bond motifs is 1. The van der Waals surface area contributed by atoms with Crippen molar-refractivity contribution >= 4 is 46.0 Å². The van der Waals surface area contributed by atoms with E-state index in [0.29, 0.717) is 11.4 Å². The first-order valence-corrected chi connectivity index (χ1v) is 12.7. The molecule has 2 aliphatic rings. The normalized spacial score (nSPS) is 18.7. The zero-order valence-corrected chi connectivity index (χ0v) is 21.0. The predicted molar refractivity (Wildman–Crippen MR) is 142 cm³/mol. The number of ether oxygens (including phenoxy) is 1. The van der Waals surface area contributed by atoms with Crippen LogP contribution in [0.15, 0.2) is 92.6 Å². The molecule has 0 saturated carbocycles. The van der Waals surface area contributed by atoms with E-state index in [1.807, 2.05) is 79.5 Å². The van der Waals surface area contributed by atoms with E-state index in [0.717, 1.165) is 44.2 Å². The fourth-order valence-corrected chi connectivity index (χ4v) is 6.31. The largest absolute Gasteiger partial charge is 0.497 e. The summed E-state index contributed by atoms with van der Waals surface area (Å²) in [6.45, 7) is 2.62. The Morgan fingerprint density at radius 2 is 1.79 bits per heavy atom. The smallest absolute Gasteiger partial charge is 0.269 e. The lowest BCUT2D eigenvalue weighted by molar-refractivity contribution is -0.122. The Balaban J connectivity index is 1.50. The van der Waals surface area contributed by atoms with E-state index in [4.69, 9.17) is 9.73 Å². The van der Waals surface area contributed by atoms with E-state index < -0.39 is 0 Å². The number of thioether (sulfide) groups is 2. The molecule has 172 valence electrons. The van der Waals surface area contributed by atoms with Crippen molar-refractivity contribution in [2.24, 2.45) is 4.99 Å². The molecule has 2 aliphatic heterocycles. The Morgan fingerprint density at radius 3 is 2.56 bits per heavy atom. The van der Waals surface area contributed by atoms with E-state index in [1.165, 1.54) is 17.3 Å². The third-order valence-electron chi connectivity index (χ3n) is 5.79. The third kappa shape index (κ3) is 4.45. The van der Waals surface area contributed by atoms with Crippen LogP contribution in [0, 0.1) is 6.92 Å². The second-order valence-electron chi connectivity index (χ2n) is 8.16. The van der Waals surface area contributed by atoms with Gasteiger partial charge in [0.25, 0.3) is 5.91 Å². The van der Waals surface area contributed by atoms with Gasteiger partial charge in [0.05, 0.1) is 23.5 Å². The van der Waals surface area contributed by atoms with Crippen molar-refractivity contribution in [3.63, 3.8) is 0 Å². The number of carbonyl (C=O) groups excluding carboxylic acids is 1. The maximum atomic E-state index is 13.7. The van der Waals surface area contributed by atoms with E-state index in [1.54, 1.807) is 18.9 Å². The zero-order valence-electron chi connectivity index (χ0n) is 19.3. The van der Waals surface area contributed by atoms with Gasteiger partial charge in [0.15, 0.2) is 5.17 Å². The van der Waals surface area contributed by atoms with Gasteiger partial charge in [-0.3, -0.25) is 9.69 Å². The van der Waals surface area contributed by atoms with Crippen LogP contribution in [-0.4, -0.2) is 36.7 Å². The van der Waals surface area contributed by atoms with E-state index in [2.05, 4.69) is 17.0 Å². The van der Waals surface area contributed by atoms with Crippen LogP contribution in [0.2, 0.25) is 0 Å². The highest BCUT2D eigenvalue weighted by molar-refractivity contribution is 8.19. The first kappa shape index (κ1) is 22.6. The molecule has 0 unspecified atom stereocenters. The Kier molecular flexibility index (Phi) is 6.39. The molecule has 0 aliphatic carbocycles. The number of benzene rings is 3. The van der Waals surface area contributed by atoms with Gasteiger partial charge in [-0.2, -0.15) is 0 Å². The zero-order chi connectivity index (χ0) is 23.7. The molecule has 0 radical (unpaired) electrons. The molecule has 1 amide bonds. The van der Waals surface area contributed by atoms with Crippen molar-refractivity contribution in [3.05, 3.63) is 93.9 Å². The highest BCUT2D eigenvalue weighted by Crippen LogP contribution is 2.51. The Bertz CT molecular complexity index is 1300. The summed E-state index contributed by atoms with van der Waals surface area (Å²) < 4.78 is 5.40. The average molecular weight is 488 g/mol. The summed E-state index contributed by atoms with van der Waals surface area (Å²) in [5.41, 5.74) is 4.23. The lowest BCUT2D eigenvalue weighted by Gasteiger charge is -2.17. The summed E-state index contributed by atoms with van der Waals surface area (Å²) in [6.07, 6.45) is 0.767. The molecular formula is C27H25N3O2S2. The minimum atomic E-state index is 0.00135. The number of nitrogens with zero attached hydrogens (tertiary/aromatic N) is 3. The van der Waals surface area contributed by atoms with Crippen LogP contribution in [0.3, 0.4) is 0 Å². The Labute approximate surface area is 208 Å². The number of rotatable bonds is 5.